The van der Waals surface area contributed by atoms with Crippen molar-refractivity contribution in [1.29, 1.82) is 0 Å². The van der Waals surface area contributed by atoms with E-state index in [1.165, 1.54) is 11.9 Å². The van der Waals surface area contributed by atoms with Crippen molar-refractivity contribution in [2.75, 3.05) is 0 Å². The first kappa shape index (κ1) is 13.6. The lowest BCUT2D eigenvalue weighted by molar-refractivity contribution is -0.130. The zero-order valence-electron chi connectivity index (χ0n) is 12.5. The Morgan fingerprint density at radius 3 is 2.78 bits per heavy atom. The van der Waals surface area contributed by atoms with Crippen LogP contribution in [0.4, 0.5) is 0 Å². The molecule has 0 fully saturated rings. The molecule has 0 saturated carbocycles. The summed E-state index contributed by atoms with van der Waals surface area (Å²) in [4.78, 5) is 20.6. The Morgan fingerprint density at radius 1 is 1.22 bits per heavy atom. The van der Waals surface area contributed by atoms with Crippen LogP contribution in [0.25, 0.3) is 11.0 Å². The topological polar surface area (TPSA) is 71.6 Å². The third-order valence-corrected chi connectivity index (χ3v) is 3.92. The van der Waals surface area contributed by atoms with Gasteiger partial charge in [0.05, 0.1) is 23.3 Å². The quantitative estimate of drug-likeness (QED) is 0.730. The van der Waals surface area contributed by atoms with Gasteiger partial charge < -0.3 is 4.42 Å². The molecule has 6 nitrogen and oxygen atoms in total. The molecule has 23 heavy (non-hydrogen) atoms. The second-order valence-electron chi connectivity index (χ2n) is 5.41. The van der Waals surface area contributed by atoms with Crippen LogP contribution in [0.5, 0.6) is 0 Å². The summed E-state index contributed by atoms with van der Waals surface area (Å²) in [7, 11) is 0. The number of hydrazone groups is 1. The first-order chi connectivity index (χ1) is 11.2. The lowest BCUT2D eigenvalue weighted by Crippen LogP contribution is -2.24. The summed E-state index contributed by atoms with van der Waals surface area (Å²) < 4.78 is 5.41. The smallest absolute Gasteiger partial charge is 0.240 e. The Hall–Kier alpha value is -3.02. The van der Waals surface area contributed by atoms with E-state index in [-0.39, 0.29) is 11.9 Å². The molecule has 0 spiro atoms. The van der Waals surface area contributed by atoms with Crippen molar-refractivity contribution in [3.8, 4) is 0 Å². The number of amides is 1. The number of carbonyl (C=O) groups is 1. The molecule has 4 rings (SSSR count). The number of hydrogen-bond donors (Lipinski definition) is 0. The standard InChI is InChI=1S/C17H14N4O2/c1-11(22)21-16(10-15(20-21)17-3-2-8-23-17)12-4-5-13-14(9-12)19-7-6-18-13/h2-9,16H,10H2,1H3/t16-/m1/s1. The van der Waals surface area contributed by atoms with Crippen LogP contribution in [-0.4, -0.2) is 26.6 Å². The molecule has 0 bridgehead atoms. The highest BCUT2D eigenvalue weighted by Crippen LogP contribution is 2.33. The van der Waals surface area contributed by atoms with Crippen molar-refractivity contribution in [3.05, 3.63) is 60.3 Å². The van der Waals surface area contributed by atoms with Gasteiger partial charge in [-0.1, -0.05) is 6.07 Å². The summed E-state index contributed by atoms with van der Waals surface area (Å²) >= 11 is 0. The SMILES string of the molecule is CC(=O)N1N=C(c2ccco2)C[C@@H]1c1ccc2nccnc2c1. The molecule has 114 valence electrons. The minimum absolute atomic E-state index is 0.101. The highest BCUT2D eigenvalue weighted by atomic mass is 16.3. The molecule has 2 aromatic heterocycles. The largest absolute Gasteiger partial charge is 0.463 e. The molecule has 3 heterocycles. The number of carbonyl (C=O) groups excluding carboxylic acids is 1. The Labute approximate surface area is 132 Å². The normalized spacial score (nSPS) is 17.5. The molecule has 3 aromatic rings. The molecule has 0 aliphatic carbocycles. The number of aromatic nitrogens is 2. The fourth-order valence-corrected chi connectivity index (χ4v) is 2.84. The Bertz CT molecular complexity index is 902. The Kier molecular flexibility index (Phi) is 3.15. The molecule has 6 heteroatoms. The second kappa shape index (κ2) is 5.31. The van der Waals surface area contributed by atoms with E-state index in [1.54, 1.807) is 18.7 Å². The predicted octanol–water partition coefficient (Wildman–Crippen LogP) is 2.92. The minimum atomic E-state index is -0.154. The fourth-order valence-electron chi connectivity index (χ4n) is 2.84. The van der Waals surface area contributed by atoms with E-state index < -0.39 is 0 Å². The van der Waals surface area contributed by atoms with Gasteiger partial charge in [-0.05, 0) is 29.8 Å². The number of nitrogens with zero attached hydrogens (tertiary/aromatic N) is 4. The number of benzene rings is 1. The van der Waals surface area contributed by atoms with Gasteiger partial charge in [-0.2, -0.15) is 5.10 Å². The molecular formula is C17H14N4O2. The van der Waals surface area contributed by atoms with Crippen LogP contribution in [-0.2, 0) is 4.79 Å². The summed E-state index contributed by atoms with van der Waals surface area (Å²) in [5.41, 5.74) is 3.39. The van der Waals surface area contributed by atoms with Crippen molar-refractivity contribution >= 4 is 22.7 Å². The van der Waals surface area contributed by atoms with Gasteiger partial charge in [-0.25, -0.2) is 5.01 Å². The summed E-state index contributed by atoms with van der Waals surface area (Å²) in [6, 6.07) is 9.36. The van der Waals surface area contributed by atoms with Crippen molar-refractivity contribution in [2.45, 2.75) is 19.4 Å². The minimum Gasteiger partial charge on any atom is -0.463 e. The second-order valence-corrected chi connectivity index (χ2v) is 5.41. The van der Waals surface area contributed by atoms with Crippen LogP contribution in [0, 0.1) is 0 Å². The molecule has 1 aliphatic heterocycles. The summed E-state index contributed by atoms with van der Waals surface area (Å²) in [6.07, 6.45) is 5.54. The summed E-state index contributed by atoms with van der Waals surface area (Å²) in [6.45, 7) is 1.52. The fraction of sp³-hybridized carbons (Fsp3) is 0.176. The maximum absolute atomic E-state index is 12.0. The number of furan rings is 1. The van der Waals surface area contributed by atoms with E-state index in [9.17, 15) is 4.79 Å². The average Bonchev–Trinajstić information content (AvgIpc) is 3.23. The maximum Gasteiger partial charge on any atom is 0.240 e. The molecule has 0 unspecified atom stereocenters. The Balaban J connectivity index is 1.73. The molecule has 1 atom stereocenters. The van der Waals surface area contributed by atoms with Crippen LogP contribution in [0.1, 0.15) is 30.7 Å². The molecule has 1 aromatic carbocycles. The van der Waals surface area contributed by atoms with Gasteiger partial charge in [0.25, 0.3) is 0 Å². The Morgan fingerprint density at radius 2 is 2.04 bits per heavy atom. The summed E-state index contributed by atoms with van der Waals surface area (Å²) in [5, 5.41) is 5.95. The van der Waals surface area contributed by atoms with Gasteiger partial charge >= 0.3 is 0 Å². The van der Waals surface area contributed by atoms with Crippen molar-refractivity contribution in [3.63, 3.8) is 0 Å². The zero-order chi connectivity index (χ0) is 15.8. The van der Waals surface area contributed by atoms with Gasteiger partial charge in [0.15, 0.2) is 0 Å². The predicted molar refractivity (Wildman–Crippen MR) is 84.7 cm³/mol. The van der Waals surface area contributed by atoms with E-state index in [4.69, 9.17) is 4.42 Å². The first-order valence-electron chi connectivity index (χ1n) is 7.34. The molecular weight excluding hydrogens is 292 g/mol. The van der Waals surface area contributed by atoms with Gasteiger partial charge in [0.1, 0.15) is 11.5 Å². The monoisotopic (exact) mass is 306 g/mol. The molecule has 0 radical (unpaired) electrons. The highest BCUT2D eigenvalue weighted by molar-refractivity contribution is 6.01. The number of hydrogen-bond acceptors (Lipinski definition) is 5. The molecule has 1 amide bonds. The van der Waals surface area contributed by atoms with Gasteiger partial charge in [-0.3, -0.25) is 14.8 Å². The van der Waals surface area contributed by atoms with Crippen LogP contribution < -0.4 is 0 Å². The molecule has 0 N–H and O–H groups in total. The van der Waals surface area contributed by atoms with Crippen LogP contribution in [0.2, 0.25) is 0 Å². The van der Waals surface area contributed by atoms with E-state index in [1.807, 2.05) is 30.3 Å². The zero-order valence-corrected chi connectivity index (χ0v) is 12.5. The number of rotatable bonds is 2. The average molecular weight is 306 g/mol. The lowest BCUT2D eigenvalue weighted by atomic mass is 10.0. The third kappa shape index (κ3) is 2.38. The number of fused-ring (bicyclic) bond motifs is 1. The first-order valence-corrected chi connectivity index (χ1v) is 7.34. The van der Waals surface area contributed by atoms with Crippen molar-refractivity contribution in [2.24, 2.45) is 5.10 Å². The van der Waals surface area contributed by atoms with Crippen LogP contribution in [0.15, 0.2) is 58.5 Å². The third-order valence-electron chi connectivity index (χ3n) is 3.92. The lowest BCUT2D eigenvalue weighted by Gasteiger charge is -2.20. The molecule has 1 aliphatic rings. The van der Waals surface area contributed by atoms with Gasteiger partial charge in [0, 0.05) is 25.7 Å². The van der Waals surface area contributed by atoms with Crippen molar-refractivity contribution < 1.29 is 9.21 Å². The van der Waals surface area contributed by atoms with Crippen LogP contribution >= 0.6 is 0 Å². The van der Waals surface area contributed by atoms with E-state index in [0.717, 1.165) is 22.3 Å². The van der Waals surface area contributed by atoms with Gasteiger partial charge in [0.2, 0.25) is 5.91 Å². The summed E-state index contributed by atoms with van der Waals surface area (Å²) in [5.74, 6) is 0.593. The highest BCUT2D eigenvalue weighted by Gasteiger charge is 2.32. The van der Waals surface area contributed by atoms with E-state index >= 15 is 0 Å². The van der Waals surface area contributed by atoms with E-state index in [0.29, 0.717) is 12.2 Å². The maximum atomic E-state index is 12.0. The van der Waals surface area contributed by atoms with Crippen LogP contribution in [0.3, 0.4) is 0 Å². The molecule has 0 saturated heterocycles. The van der Waals surface area contributed by atoms with Crippen molar-refractivity contribution in [1.82, 2.24) is 15.0 Å². The van der Waals surface area contributed by atoms with E-state index in [2.05, 4.69) is 15.1 Å². The van der Waals surface area contributed by atoms with Gasteiger partial charge in [-0.15, -0.1) is 0 Å².